The number of ether oxygens (including phenoxy) is 3. The highest BCUT2D eigenvalue weighted by atomic mass is 16.5. The number of methoxy groups -OCH3 is 2. The van der Waals surface area contributed by atoms with Crippen LogP contribution < -0.4 is 19.5 Å². The summed E-state index contributed by atoms with van der Waals surface area (Å²) in [5.41, 5.74) is 0. The van der Waals surface area contributed by atoms with Crippen LogP contribution in [0.5, 0.6) is 17.2 Å². The molecule has 19 heavy (non-hydrogen) atoms. The number of carbonyl (C=O) groups is 1. The number of nitrogens with one attached hydrogen (secondary N) is 1. The van der Waals surface area contributed by atoms with Gasteiger partial charge in [-0.05, 0) is 5.92 Å². The molecular formula is C14H21NO4. The van der Waals surface area contributed by atoms with E-state index in [-0.39, 0.29) is 12.5 Å². The van der Waals surface area contributed by atoms with Crippen LogP contribution in [0.15, 0.2) is 18.2 Å². The van der Waals surface area contributed by atoms with E-state index in [1.54, 1.807) is 32.4 Å². The smallest absolute Gasteiger partial charge is 0.257 e. The average Bonchev–Trinajstić information content (AvgIpc) is 2.42. The maximum absolute atomic E-state index is 11.5. The zero-order valence-corrected chi connectivity index (χ0v) is 11.9. The molecule has 0 bridgehead atoms. The molecule has 0 aliphatic carbocycles. The molecule has 0 heterocycles. The molecule has 1 aromatic rings. The highest BCUT2D eigenvalue weighted by molar-refractivity contribution is 5.77. The summed E-state index contributed by atoms with van der Waals surface area (Å²) in [5, 5.41) is 2.78. The van der Waals surface area contributed by atoms with Gasteiger partial charge in [0.2, 0.25) is 0 Å². The Morgan fingerprint density at radius 1 is 1.11 bits per heavy atom. The lowest BCUT2D eigenvalue weighted by Crippen LogP contribution is -2.31. The number of amides is 1. The Balaban J connectivity index is 2.54. The molecule has 0 unspecified atom stereocenters. The van der Waals surface area contributed by atoms with Crippen LogP contribution in [0.3, 0.4) is 0 Å². The van der Waals surface area contributed by atoms with E-state index in [1.807, 2.05) is 13.8 Å². The minimum atomic E-state index is -0.143. The van der Waals surface area contributed by atoms with Crippen molar-refractivity contribution in [3.63, 3.8) is 0 Å². The molecule has 5 nitrogen and oxygen atoms in total. The predicted octanol–water partition coefficient (Wildman–Crippen LogP) is 1.85. The molecule has 0 fully saturated rings. The summed E-state index contributed by atoms with van der Waals surface area (Å²) in [6.45, 7) is 4.69. The monoisotopic (exact) mass is 267 g/mol. The number of rotatable bonds is 7. The van der Waals surface area contributed by atoms with Gasteiger partial charge in [0.15, 0.2) is 6.61 Å². The fourth-order valence-corrected chi connectivity index (χ4v) is 1.38. The van der Waals surface area contributed by atoms with E-state index in [1.165, 1.54) is 0 Å². The first kappa shape index (κ1) is 15.1. The number of carbonyl (C=O) groups excluding carboxylic acids is 1. The molecule has 0 aliphatic rings. The molecule has 1 aromatic carbocycles. The largest absolute Gasteiger partial charge is 0.496 e. The van der Waals surface area contributed by atoms with Gasteiger partial charge in [-0.1, -0.05) is 13.8 Å². The van der Waals surface area contributed by atoms with Gasteiger partial charge in [0.05, 0.1) is 14.2 Å². The van der Waals surface area contributed by atoms with Gasteiger partial charge < -0.3 is 19.5 Å². The van der Waals surface area contributed by atoms with Gasteiger partial charge in [-0.3, -0.25) is 4.79 Å². The molecule has 0 aliphatic heterocycles. The van der Waals surface area contributed by atoms with E-state index in [2.05, 4.69) is 5.32 Å². The molecule has 0 aromatic heterocycles. The molecule has 0 spiro atoms. The van der Waals surface area contributed by atoms with Crippen LogP contribution in [0.1, 0.15) is 13.8 Å². The van der Waals surface area contributed by atoms with Gasteiger partial charge in [0.1, 0.15) is 17.2 Å². The molecular weight excluding hydrogens is 246 g/mol. The van der Waals surface area contributed by atoms with E-state index >= 15 is 0 Å². The lowest BCUT2D eigenvalue weighted by molar-refractivity contribution is -0.123. The standard InChI is InChI=1S/C14H21NO4/c1-10(2)8-15-14(16)9-19-13-6-11(17-3)5-12(7-13)18-4/h5-7,10H,8-9H2,1-4H3,(H,15,16). The highest BCUT2D eigenvalue weighted by Gasteiger charge is 2.06. The summed E-state index contributed by atoms with van der Waals surface area (Å²) in [7, 11) is 3.13. The van der Waals surface area contributed by atoms with Crippen molar-refractivity contribution in [3.05, 3.63) is 18.2 Å². The van der Waals surface area contributed by atoms with Crippen molar-refractivity contribution in [3.8, 4) is 17.2 Å². The maximum atomic E-state index is 11.5. The topological polar surface area (TPSA) is 56.8 Å². The number of hydrogen-bond donors (Lipinski definition) is 1. The van der Waals surface area contributed by atoms with E-state index in [0.717, 1.165) is 0 Å². The van der Waals surface area contributed by atoms with Crippen molar-refractivity contribution in [1.29, 1.82) is 0 Å². The average molecular weight is 267 g/mol. The molecule has 1 amide bonds. The van der Waals surface area contributed by atoms with Crippen LogP contribution in [0, 0.1) is 5.92 Å². The van der Waals surface area contributed by atoms with E-state index in [9.17, 15) is 4.79 Å². The zero-order valence-electron chi connectivity index (χ0n) is 11.9. The first-order chi connectivity index (χ1) is 9.05. The second-order valence-electron chi connectivity index (χ2n) is 4.53. The van der Waals surface area contributed by atoms with Gasteiger partial charge in [0, 0.05) is 24.7 Å². The quantitative estimate of drug-likeness (QED) is 0.819. The van der Waals surface area contributed by atoms with E-state index < -0.39 is 0 Å². The second kappa shape index (κ2) is 7.51. The van der Waals surface area contributed by atoms with Crippen LogP contribution in [0.2, 0.25) is 0 Å². The Labute approximate surface area is 113 Å². The third-order valence-corrected chi connectivity index (χ3v) is 2.40. The Bertz CT molecular complexity index is 396. The van der Waals surface area contributed by atoms with Crippen molar-refractivity contribution in [2.45, 2.75) is 13.8 Å². The van der Waals surface area contributed by atoms with Gasteiger partial charge in [-0.25, -0.2) is 0 Å². The first-order valence-electron chi connectivity index (χ1n) is 6.17. The van der Waals surface area contributed by atoms with Crippen molar-refractivity contribution in [2.24, 2.45) is 5.92 Å². The minimum absolute atomic E-state index is 0.0248. The Kier molecular flexibility index (Phi) is 5.99. The summed E-state index contributed by atoms with van der Waals surface area (Å²) < 4.78 is 15.7. The summed E-state index contributed by atoms with van der Waals surface area (Å²) in [5.74, 6) is 2.06. The molecule has 5 heteroatoms. The van der Waals surface area contributed by atoms with Crippen LogP contribution in [0.4, 0.5) is 0 Å². The third kappa shape index (κ3) is 5.50. The number of benzene rings is 1. The van der Waals surface area contributed by atoms with Crippen LogP contribution in [-0.4, -0.2) is 33.3 Å². The molecule has 106 valence electrons. The van der Waals surface area contributed by atoms with E-state index in [0.29, 0.717) is 29.7 Å². The molecule has 0 atom stereocenters. The van der Waals surface area contributed by atoms with Crippen LogP contribution in [-0.2, 0) is 4.79 Å². The highest BCUT2D eigenvalue weighted by Crippen LogP contribution is 2.27. The minimum Gasteiger partial charge on any atom is -0.496 e. The Morgan fingerprint density at radius 3 is 2.11 bits per heavy atom. The van der Waals surface area contributed by atoms with Crippen LogP contribution >= 0.6 is 0 Å². The van der Waals surface area contributed by atoms with Gasteiger partial charge >= 0.3 is 0 Å². The summed E-state index contributed by atoms with van der Waals surface area (Å²) >= 11 is 0. The van der Waals surface area contributed by atoms with Gasteiger partial charge in [0.25, 0.3) is 5.91 Å². The Morgan fingerprint density at radius 2 is 1.63 bits per heavy atom. The fraction of sp³-hybridized carbons (Fsp3) is 0.500. The lowest BCUT2D eigenvalue weighted by Gasteiger charge is -2.11. The van der Waals surface area contributed by atoms with Crippen LogP contribution in [0.25, 0.3) is 0 Å². The van der Waals surface area contributed by atoms with Crippen molar-refractivity contribution >= 4 is 5.91 Å². The Hall–Kier alpha value is -1.91. The molecule has 0 saturated carbocycles. The third-order valence-electron chi connectivity index (χ3n) is 2.40. The molecule has 0 saturated heterocycles. The predicted molar refractivity (Wildman–Crippen MR) is 72.9 cm³/mol. The van der Waals surface area contributed by atoms with Crippen molar-refractivity contribution < 1.29 is 19.0 Å². The summed E-state index contributed by atoms with van der Waals surface area (Å²) in [4.78, 5) is 11.5. The summed E-state index contributed by atoms with van der Waals surface area (Å²) in [6, 6.07) is 5.15. The SMILES string of the molecule is COc1cc(OC)cc(OCC(=O)NCC(C)C)c1. The van der Waals surface area contributed by atoms with E-state index in [4.69, 9.17) is 14.2 Å². The molecule has 0 radical (unpaired) electrons. The van der Waals surface area contributed by atoms with Crippen molar-refractivity contribution in [1.82, 2.24) is 5.32 Å². The number of hydrogen-bond acceptors (Lipinski definition) is 4. The summed E-state index contributed by atoms with van der Waals surface area (Å²) in [6.07, 6.45) is 0. The van der Waals surface area contributed by atoms with Gasteiger partial charge in [-0.2, -0.15) is 0 Å². The van der Waals surface area contributed by atoms with Gasteiger partial charge in [-0.15, -0.1) is 0 Å². The maximum Gasteiger partial charge on any atom is 0.257 e. The van der Waals surface area contributed by atoms with Crippen molar-refractivity contribution in [2.75, 3.05) is 27.4 Å². The first-order valence-corrected chi connectivity index (χ1v) is 6.17. The normalized spacial score (nSPS) is 10.2. The zero-order chi connectivity index (χ0) is 14.3. The lowest BCUT2D eigenvalue weighted by atomic mass is 10.2. The fourth-order valence-electron chi connectivity index (χ4n) is 1.38. The molecule has 1 N–H and O–H groups in total. The molecule has 1 rings (SSSR count). The second-order valence-corrected chi connectivity index (χ2v) is 4.53.